The first kappa shape index (κ1) is 18.2. The molecule has 1 aromatic carbocycles. The molecule has 1 saturated heterocycles. The summed E-state index contributed by atoms with van der Waals surface area (Å²) in [7, 11) is 0. The summed E-state index contributed by atoms with van der Waals surface area (Å²) in [5, 5.41) is 4.19. The molecule has 6 nitrogen and oxygen atoms in total. The van der Waals surface area contributed by atoms with Gasteiger partial charge in [0.25, 0.3) is 0 Å². The Hall–Kier alpha value is -2.18. The third-order valence-corrected chi connectivity index (χ3v) is 5.15. The van der Waals surface area contributed by atoms with Gasteiger partial charge in [0.05, 0.1) is 11.0 Å². The van der Waals surface area contributed by atoms with Crippen molar-refractivity contribution in [2.75, 3.05) is 24.5 Å². The number of piperidine rings is 1. The lowest BCUT2D eigenvalue weighted by Gasteiger charge is -2.26. The molecule has 0 bridgehead atoms. The Labute approximate surface area is 164 Å². The molecule has 7 heteroatoms. The summed E-state index contributed by atoms with van der Waals surface area (Å²) < 4.78 is 0. The van der Waals surface area contributed by atoms with E-state index < -0.39 is 0 Å². The van der Waals surface area contributed by atoms with E-state index in [1.165, 1.54) is 19.3 Å². The minimum Gasteiger partial charge on any atom is -0.342 e. The molecule has 0 radical (unpaired) electrons. The van der Waals surface area contributed by atoms with Crippen LogP contribution in [0.25, 0.3) is 11.0 Å². The molecule has 3 heterocycles. The van der Waals surface area contributed by atoms with Crippen LogP contribution in [0.15, 0.2) is 30.6 Å². The number of hydrogen-bond acceptors (Lipinski definition) is 5. The van der Waals surface area contributed by atoms with Crippen molar-refractivity contribution in [3.05, 3.63) is 47.0 Å². The summed E-state index contributed by atoms with van der Waals surface area (Å²) in [6.45, 7) is 3.86. The van der Waals surface area contributed by atoms with E-state index in [1.807, 2.05) is 30.6 Å². The highest BCUT2D eigenvalue weighted by molar-refractivity contribution is 6.31. The number of aromatic amines is 1. The van der Waals surface area contributed by atoms with E-state index >= 15 is 0 Å². The minimum atomic E-state index is 0.730. The zero-order valence-electron chi connectivity index (χ0n) is 15.4. The topological polar surface area (TPSA) is 69.7 Å². The Balaban J connectivity index is 1.20. The summed E-state index contributed by atoms with van der Waals surface area (Å²) >= 11 is 6.01. The van der Waals surface area contributed by atoms with Gasteiger partial charge in [0, 0.05) is 49.0 Å². The summed E-state index contributed by atoms with van der Waals surface area (Å²) in [5.74, 6) is 1.87. The van der Waals surface area contributed by atoms with Crippen LogP contribution >= 0.6 is 11.6 Å². The van der Waals surface area contributed by atoms with E-state index in [-0.39, 0.29) is 0 Å². The molecule has 2 N–H and O–H groups in total. The van der Waals surface area contributed by atoms with Gasteiger partial charge in [-0.1, -0.05) is 11.6 Å². The average Bonchev–Trinajstić information content (AvgIpc) is 3.11. The molecule has 27 heavy (non-hydrogen) atoms. The van der Waals surface area contributed by atoms with Crippen LogP contribution in [-0.2, 0) is 13.0 Å². The normalized spacial score (nSPS) is 14.8. The standard InChI is InChI=1S/C20H25ClN6/c21-16-6-7-17-18(11-16)26-19(25-17)5-4-8-22-12-15-13-23-20(24-14-15)27-9-2-1-3-10-27/h6-7,11,13-14,22H,1-5,8-10,12H2,(H,25,26). The zero-order valence-corrected chi connectivity index (χ0v) is 16.2. The number of aromatic nitrogens is 4. The third kappa shape index (κ3) is 4.76. The summed E-state index contributed by atoms with van der Waals surface area (Å²) in [5.41, 5.74) is 3.08. The molecule has 0 saturated carbocycles. The Bertz CT molecular complexity index is 870. The highest BCUT2D eigenvalue weighted by atomic mass is 35.5. The first-order valence-electron chi connectivity index (χ1n) is 9.69. The van der Waals surface area contributed by atoms with Crippen LogP contribution in [0.1, 0.15) is 37.1 Å². The van der Waals surface area contributed by atoms with Gasteiger partial charge in [0.15, 0.2) is 0 Å². The van der Waals surface area contributed by atoms with Crippen molar-refractivity contribution in [3.63, 3.8) is 0 Å². The predicted molar refractivity (Wildman–Crippen MR) is 109 cm³/mol. The number of halogens is 1. The number of rotatable bonds is 7. The van der Waals surface area contributed by atoms with E-state index in [0.29, 0.717) is 0 Å². The van der Waals surface area contributed by atoms with E-state index in [0.717, 1.165) is 72.4 Å². The van der Waals surface area contributed by atoms with Crippen molar-refractivity contribution in [1.82, 2.24) is 25.3 Å². The van der Waals surface area contributed by atoms with Crippen molar-refractivity contribution in [2.45, 2.75) is 38.6 Å². The predicted octanol–water partition coefficient (Wildman–Crippen LogP) is 3.72. The maximum atomic E-state index is 6.01. The van der Waals surface area contributed by atoms with Gasteiger partial charge in [0.2, 0.25) is 5.95 Å². The Kier molecular flexibility index (Phi) is 5.84. The average molecular weight is 385 g/mol. The molecule has 142 valence electrons. The highest BCUT2D eigenvalue weighted by Crippen LogP contribution is 2.18. The number of anilines is 1. The molecular formula is C20H25ClN6. The second kappa shape index (κ2) is 8.67. The second-order valence-corrected chi connectivity index (χ2v) is 7.50. The fourth-order valence-corrected chi connectivity index (χ4v) is 3.64. The van der Waals surface area contributed by atoms with Gasteiger partial charge in [-0.15, -0.1) is 0 Å². The molecule has 0 spiro atoms. The Morgan fingerprint density at radius 2 is 1.93 bits per heavy atom. The maximum absolute atomic E-state index is 6.01. The van der Waals surface area contributed by atoms with Crippen molar-refractivity contribution in [3.8, 4) is 0 Å². The van der Waals surface area contributed by atoms with Gasteiger partial charge in [-0.3, -0.25) is 0 Å². The van der Waals surface area contributed by atoms with Crippen LogP contribution in [0.3, 0.4) is 0 Å². The fourth-order valence-electron chi connectivity index (χ4n) is 3.46. The molecule has 1 fully saturated rings. The molecule has 2 aromatic heterocycles. The van der Waals surface area contributed by atoms with Crippen molar-refractivity contribution in [1.29, 1.82) is 0 Å². The van der Waals surface area contributed by atoms with Crippen molar-refractivity contribution < 1.29 is 0 Å². The molecule has 0 amide bonds. The van der Waals surface area contributed by atoms with Crippen LogP contribution < -0.4 is 10.2 Å². The third-order valence-electron chi connectivity index (χ3n) is 4.92. The first-order valence-corrected chi connectivity index (χ1v) is 10.1. The summed E-state index contributed by atoms with van der Waals surface area (Å²) in [6.07, 6.45) is 9.60. The number of hydrogen-bond donors (Lipinski definition) is 2. The SMILES string of the molecule is Clc1ccc2nc(CCCNCc3cnc(N4CCCCC4)nc3)[nH]c2c1. The van der Waals surface area contributed by atoms with E-state index in [4.69, 9.17) is 11.6 Å². The number of nitrogens with one attached hydrogen (secondary N) is 2. The van der Waals surface area contributed by atoms with Crippen molar-refractivity contribution in [2.24, 2.45) is 0 Å². The van der Waals surface area contributed by atoms with Gasteiger partial charge in [-0.05, 0) is 50.4 Å². The van der Waals surface area contributed by atoms with Crippen LogP contribution in [0, 0.1) is 0 Å². The smallest absolute Gasteiger partial charge is 0.225 e. The van der Waals surface area contributed by atoms with E-state index in [2.05, 4.69) is 30.2 Å². The van der Waals surface area contributed by atoms with Gasteiger partial charge < -0.3 is 15.2 Å². The maximum Gasteiger partial charge on any atom is 0.225 e. The van der Waals surface area contributed by atoms with Crippen LogP contribution in [-0.4, -0.2) is 39.6 Å². The molecule has 0 aliphatic carbocycles. The fraction of sp³-hybridized carbons (Fsp3) is 0.450. The lowest BCUT2D eigenvalue weighted by molar-refractivity contribution is 0.567. The quantitative estimate of drug-likeness (QED) is 0.607. The Morgan fingerprint density at radius 1 is 1.11 bits per heavy atom. The zero-order chi connectivity index (χ0) is 18.5. The van der Waals surface area contributed by atoms with Crippen LogP contribution in [0.2, 0.25) is 5.02 Å². The van der Waals surface area contributed by atoms with E-state index in [9.17, 15) is 0 Å². The molecule has 4 rings (SSSR count). The highest BCUT2D eigenvalue weighted by Gasteiger charge is 2.12. The number of imidazole rings is 1. The van der Waals surface area contributed by atoms with Gasteiger partial charge in [-0.2, -0.15) is 0 Å². The van der Waals surface area contributed by atoms with Gasteiger partial charge in [0.1, 0.15) is 5.82 Å². The monoisotopic (exact) mass is 384 g/mol. The number of aryl methyl sites for hydroxylation is 1. The minimum absolute atomic E-state index is 0.730. The summed E-state index contributed by atoms with van der Waals surface area (Å²) in [6, 6.07) is 5.73. The van der Waals surface area contributed by atoms with E-state index in [1.54, 1.807) is 0 Å². The molecule has 0 atom stereocenters. The Morgan fingerprint density at radius 3 is 2.74 bits per heavy atom. The first-order chi connectivity index (χ1) is 13.3. The number of H-pyrrole nitrogens is 1. The molecule has 1 aliphatic rings. The largest absolute Gasteiger partial charge is 0.342 e. The lowest BCUT2D eigenvalue weighted by atomic mass is 10.1. The lowest BCUT2D eigenvalue weighted by Crippen LogP contribution is -2.31. The van der Waals surface area contributed by atoms with Crippen molar-refractivity contribution >= 4 is 28.6 Å². The number of fused-ring (bicyclic) bond motifs is 1. The number of benzene rings is 1. The van der Waals surface area contributed by atoms with Gasteiger partial charge in [-0.25, -0.2) is 15.0 Å². The molecule has 0 unspecified atom stereocenters. The second-order valence-electron chi connectivity index (χ2n) is 7.06. The molecular weight excluding hydrogens is 360 g/mol. The molecule has 3 aromatic rings. The number of nitrogens with zero attached hydrogens (tertiary/aromatic N) is 4. The van der Waals surface area contributed by atoms with Crippen LogP contribution in [0.5, 0.6) is 0 Å². The molecule has 1 aliphatic heterocycles. The summed E-state index contributed by atoms with van der Waals surface area (Å²) in [4.78, 5) is 19.3. The van der Waals surface area contributed by atoms with Crippen LogP contribution in [0.4, 0.5) is 5.95 Å². The van der Waals surface area contributed by atoms with Gasteiger partial charge >= 0.3 is 0 Å².